The van der Waals surface area contributed by atoms with Gasteiger partial charge in [0.05, 0.1) is 0 Å². The Hall–Kier alpha value is -1.02. The molecule has 0 saturated carbocycles. The number of hydrogen-bond acceptors (Lipinski definition) is 2. The first-order chi connectivity index (χ1) is 9.27. The molecule has 0 fully saturated rings. The quantitative estimate of drug-likeness (QED) is 0.776. The lowest BCUT2D eigenvalue weighted by Crippen LogP contribution is -2.39. The van der Waals surface area contributed by atoms with Crippen molar-refractivity contribution in [1.29, 1.82) is 0 Å². The Bertz CT molecular complexity index is 418. The summed E-state index contributed by atoms with van der Waals surface area (Å²) in [5.74, 6) is 0. The molecule has 0 aliphatic carbocycles. The van der Waals surface area contributed by atoms with Crippen molar-refractivity contribution in [2.24, 2.45) is 5.41 Å². The largest absolute Gasteiger partial charge is 0.371 e. The highest BCUT2D eigenvalue weighted by atomic mass is 15.1. The molecule has 2 nitrogen and oxygen atoms in total. The minimum absolute atomic E-state index is 0.282. The van der Waals surface area contributed by atoms with Crippen LogP contribution in [0.15, 0.2) is 18.2 Å². The minimum Gasteiger partial charge on any atom is -0.371 e. The summed E-state index contributed by atoms with van der Waals surface area (Å²) in [5, 5.41) is 3.47. The number of nitrogens with one attached hydrogen (secondary N) is 1. The van der Waals surface area contributed by atoms with E-state index in [0.29, 0.717) is 6.04 Å². The molecule has 1 atom stereocenters. The van der Waals surface area contributed by atoms with Gasteiger partial charge in [-0.05, 0) is 55.5 Å². The van der Waals surface area contributed by atoms with E-state index in [-0.39, 0.29) is 5.41 Å². The van der Waals surface area contributed by atoms with Crippen molar-refractivity contribution in [3.05, 3.63) is 29.3 Å². The lowest BCUT2D eigenvalue weighted by Gasteiger charge is -2.37. The molecule has 0 aromatic heterocycles. The zero-order valence-electron chi connectivity index (χ0n) is 14.4. The third-order valence-corrected chi connectivity index (χ3v) is 4.31. The van der Waals surface area contributed by atoms with Crippen molar-refractivity contribution >= 4 is 5.69 Å². The number of nitrogens with zero attached hydrogens (tertiary/aromatic N) is 1. The fourth-order valence-corrected chi connectivity index (χ4v) is 2.30. The van der Waals surface area contributed by atoms with Gasteiger partial charge in [-0.1, -0.05) is 33.8 Å². The highest BCUT2D eigenvalue weighted by Crippen LogP contribution is 2.28. The second-order valence-electron chi connectivity index (χ2n) is 6.94. The first-order valence-electron chi connectivity index (χ1n) is 7.80. The van der Waals surface area contributed by atoms with Gasteiger partial charge in [0.1, 0.15) is 0 Å². The fraction of sp³-hybridized carbons (Fsp3) is 0.667. The first kappa shape index (κ1) is 17.0. The molecule has 1 unspecified atom stereocenters. The maximum absolute atomic E-state index is 3.47. The molecule has 0 aliphatic rings. The lowest BCUT2D eigenvalue weighted by molar-refractivity contribution is 0.330. The molecule has 114 valence electrons. The Morgan fingerprint density at radius 1 is 1.25 bits per heavy atom. The predicted molar refractivity (Wildman–Crippen MR) is 90.5 cm³/mol. The molecule has 0 amide bonds. The van der Waals surface area contributed by atoms with Crippen LogP contribution >= 0.6 is 0 Å². The van der Waals surface area contributed by atoms with Crippen molar-refractivity contribution in [3.63, 3.8) is 0 Å². The van der Waals surface area contributed by atoms with Crippen LogP contribution in [0.25, 0.3) is 0 Å². The Kier molecular flexibility index (Phi) is 6.07. The van der Waals surface area contributed by atoms with Crippen molar-refractivity contribution in [1.82, 2.24) is 5.32 Å². The van der Waals surface area contributed by atoms with E-state index in [1.807, 2.05) is 0 Å². The molecule has 1 aromatic rings. The molecular formula is C18H32N2. The van der Waals surface area contributed by atoms with E-state index < -0.39 is 0 Å². The fourth-order valence-electron chi connectivity index (χ4n) is 2.30. The van der Waals surface area contributed by atoms with Crippen LogP contribution in [0.3, 0.4) is 0 Å². The van der Waals surface area contributed by atoms with Gasteiger partial charge in [0.15, 0.2) is 0 Å². The van der Waals surface area contributed by atoms with E-state index in [1.165, 1.54) is 23.2 Å². The molecule has 0 bridgehead atoms. The standard InChI is InChI=1S/C18H32N2/c1-8-11-19-13-16-9-10-17(12-14(16)2)20(7)15(3)18(4,5)6/h9-10,12,15,19H,8,11,13H2,1-7H3. The van der Waals surface area contributed by atoms with Gasteiger partial charge in [0.25, 0.3) is 0 Å². The third-order valence-electron chi connectivity index (χ3n) is 4.31. The molecular weight excluding hydrogens is 244 g/mol. The van der Waals surface area contributed by atoms with E-state index in [2.05, 4.69) is 77.0 Å². The Labute approximate surface area is 125 Å². The highest BCUT2D eigenvalue weighted by molar-refractivity contribution is 5.51. The van der Waals surface area contributed by atoms with Crippen LogP contribution in [-0.4, -0.2) is 19.6 Å². The minimum atomic E-state index is 0.282. The summed E-state index contributed by atoms with van der Waals surface area (Å²) in [5.41, 5.74) is 4.37. The van der Waals surface area contributed by atoms with Crippen LogP contribution in [0.2, 0.25) is 0 Å². The van der Waals surface area contributed by atoms with Crippen LogP contribution in [0, 0.1) is 12.3 Å². The summed E-state index contributed by atoms with van der Waals surface area (Å²) in [7, 11) is 2.19. The van der Waals surface area contributed by atoms with Crippen molar-refractivity contribution in [2.75, 3.05) is 18.5 Å². The van der Waals surface area contributed by atoms with Crippen LogP contribution in [0.4, 0.5) is 5.69 Å². The summed E-state index contributed by atoms with van der Waals surface area (Å²) in [6.07, 6.45) is 1.18. The van der Waals surface area contributed by atoms with E-state index in [4.69, 9.17) is 0 Å². The molecule has 2 heteroatoms. The van der Waals surface area contributed by atoms with Crippen LogP contribution < -0.4 is 10.2 Å². The topological polar surface area (TPSA) is 15.3 Å². The van der Waals surface area contributed by atoms with Gasteiger partial charge in [-0.15, -0.1) is 0 Å². The molecule has 0 spiro atoms. The number of aryl methyl sites for hydroxylation is 1. The summed E-state index contributed by atoms with van der Waals surface area (Å²) in [4.78, 5) is 2.39. The summed E-state index contributed by atoms with van der Waals surface area (Å²) >= 11 is 0. The molecule has 1 rings (SSSR count). The molecule has 1 N–H and O–H groups in total. The molecule has 1 aromatic carbocycles. The van der Waals surface area contributed by atoms with Gasteiger partial charge < -0.3 is 10.2 Å². The summed E-state index contributed by atoms with van der Waals surface area (Å²) < 4.78 is 0. The van der Waals surface area contributed by atoms with Crippen LogP contribution in [-0.2, 0) is 6.54 Å². The lowest BCUT2D eigenvalue weighted by atomic mass is 9.87. The summed E-state index contributed by atoms with van der Waals surface area (Å²) in [6.45, 7) is 15.7. The predicted octanol–water partition coefficient (Wildman–Crippen LogP) is 4.37. The van der Waals surface area contributed by atoms with Crippen LogP contribution in [0.5, 0.6) is 0 Å². The zero-order chi connectivity index (χ0) is 15.3. The first-order valence-corrected chi connectivity index (χ1v) is 7.80. The van der Waals surface area contributed by atoms with Gasteiger partial charge in [-0.3, -0.25) is 0 Å². The second kappa shape index (κ2) is 7.12. The van der Waals surface area contributed by atoms with Crippen molar-refractivity contribution in [3.8, 4) is 0 Å². The Balaban J connectivity index is 2.81. The van der Waals surface area contributed by atoms with Crippen LogP contribution in [0.1, 0.15) is 52.2 Å². The smallest absolute Gasteiger partial charge is 0.0369 e. The number of anilines is 1. The van der Waals surface area contributed by atoms with Gasteiger partial charge in [0, 0.05) is 25.3 Å². The second-order valence-corrected chi connectivity index (χ2v) is 6.94. The number of hydrogen-bond donors (Lipinski definition) is 1. The van der Waals surface area contributed by atoms with E-state index >= 15 is 0 Å². The highest BCUT2D eigenvalue weighted by Gasteiger charge is 2.24. The maximum atomic E-state index is 3.47. The number of benzene rings is 1. The average molecular weight is 276 g/mol. The van der Waals surface area contributed by atoms with Gasteiger partial charge in [-0.25, -0.2) is 0 Å². The summed E-state index contributed by atoms with van der Waals surface area (Å²) in [6, 6.07) is 7.33. The number of rotatable bonds is 6. The van der Waals surface area contributed by atoms with E-state index in [9.17, 15) is 0 Å². The molecule has 0 saturated heterocycles. The van der Waals surface area contributed by atoms with Crippen molar-refractivity contribution < 1.29 is 0 Å². The molecule has 0 radical (unpaired) electrons. The normalized spacial score (nSPS) is 13.3. The average Bonchev–Trinajstić information content (AvgIpc) is 2.38. The molecule has 0 heterocycles. The van der Waals surface area contributed by atoms with Crippen molar-refractivity contribution in [2.45, 2.75) is 60.5 Å². The van der Waals surface area contributed by atoms with E-state index in [0.717, 1.165) is 13.1 Å². The maximum Gasteiger partial charge on any atom is 0.0369 e. The molecule has 0 aliphatic heterocycles. The van der Waals surface area contributed by atoms with Gasteiger partial charge >= 0.3 is 0 Å². The molecule has 20 heavy (non-hydrogen) atoms. The Morgan fingerprint density at radius 3 is 2.40 bits per heavy atom. The Morgan fingerprint density at radius 2 is 1.90 bits per heavy atom. The van der Waals surface area contributed by atoms with Gasteiger partial charge in [-0.2, -0.15) is 0 Å². The van der Waals surface area contributed by atoms with Gasteiger partial charge in [0.2, 0.25) is 0 Å². The monoisotopic (exact) mass is 276 g/mol. The zero-order valence-corrected chi connectivity index (χ0v) is 14.4. The van der Waals surface area contributed by atoms with E-state index in [1.54, 1.807) is 0 Å². The SMILES string of the molecule is CCCNCc1ccc(N(C)C(C)C(C)(C)C)cc1C. The third kappa shape index (κ3) is 4.52.